The number of rotatable bonds is 7. The molecule has 9 heteroatoms. The van der Waals surface area contributed by atoms with Crippen LogP contribution in [-0.2, 0) is 0 Å². The number of oxazole rings is 1. The number of hydrogen-bond donors (Lipinski definition) is 1. The number of nitrogens with one attached hydrogen (secondary N) is 1. The van der Waals surface area contributed by atoms with Crippen molar-refractivity contribution in [2.45, 2.75) is 51.8 Å². The number of carbonyl (C=O) groups is 1. The van der Waals surface area contributed by atoms with Gasteiger partial charge in [-0.25, -0.2) is 23.7 Å². The lowest BCUT2D eigenvalue weighted by atomic mass is 9.96. The highest BCUT2D eigenvalue weighted by atomic mass is 32.2. The van der Waals surface area contributed by atoms with E-state index in [1.807, 2.05) is 20.8 Å². The Balaban J connectivity index is 2.00. The Morgan fingerprint density at radius 2 is 1.84 bits per heavy atom. The fraction of sp³-hybridized carbons (Fsp3) is 0.364. The van der Waals surface area contributed by atoms with E-state index in [-0.39, 0.29) is 33.8 Å². The topological polar surface area (TPSA) is 80.9 Å². The highest BCUT2D eigenvalue weighted by Gasteiger charge is 2.27. The first kappa shape index (κ1) is 23.0. The quantitative estimate of drug-likeness (QED) is 0.386. The highest BCUT2D eigenvalue weighted by Crippen LogP contribution is 2.33. The highest BCUT2D eigenvalue weighted by molar-refractivity contribution is 7.98. The summed E-state index contributed by atoms with van der Waals surface area (Å²) >= 11 is 1.36. The normalized spacial score (nSPS) is 12.7. The first-order valence-electron chi connectivity index (χ1n) is 9.70. The Labute approximate surface area is 184 Å². The summed E-state index contributed by atoms with van der Waals surface area (Å²) in [6, 6.07) is 1.49. The minimum absolute atomic E-state index is 0.0914. The van der Waals surface area contributed by atoms with Gasteiger partial charge in [-0.1, -0.05) is 11.9 Å². The van der Waals surface area contributed by atoms with Gasteiger partial charge in [0.05, 0.1) is 11.7 Å². The van der Waals surface area contributed by atoms with Crippen molar-refractivity contribution in [2.24, 2.45) is 0 Å². The molecule has 0 amide bonds. The lowest BCUT2D eigenvalue weighted by Crippen LogP contribution is -2.25. The summed E-state index contributed by atoms with van der Waals surface area (Å²) in [5.41, 5.74) is 1.21. The van der Waals surface area contributed by atoms with Crippen molar-refractivity contribution in [1.82, 2.24) is 19.7 Å². The third-order valence-electron chi connectivity index (χ3n) is 4.39. The number of hydrogen-bond acceptors (Lipinski definition) is 7. The maximum atomic E-state index is 14.9. The maximum Gasteiger partial charge on any atom is 0.201 e. The third kappa shape index (κ3) is 5.74. The molecule has 164 valence electrons. The monoisotopic (exact) mass is 446 g/mol. The van der Waals surface area contributed by atoms with Crippen LogP contribution in [0.1, 0.15) is 60.9 Å². The molecule has 0 radical (unpaired) electrons. The Morgan fingerprint density at radius 1 is 1.16 bits per heavy atom. The molecule has 6 nitrogen and oxygen atoms in total. The van der Waals surface area contributed by atoms with Gasteiger partial charge in [-0.15, -0.1) is 0 Å². The molecule has 0 fully saturated rings. The van der Waals surface area contributed by atoms with Crippen LogP contribution in [0, 0.1) is 25.5 Å². The van der Waals surface area contributed by atoms with Crippen molar-refractivity contribution in [2.75, 3.05) is 0 Å². The summed E-state index contributed by atoms with van der Waals surface area (Å²) in [4.78, 5) is 24.9. The average molecular weight is 447 g/mol. The molecule has 0 saturated heterocycles. The third-order valence-corrected chi connectivity index (χ3v) is 5.40. The summed E-state index contributed by atoms with van der Waals surface area (Å²) in [7, 11) is 0. The molecule has 1 aromatic carbocycles. The second-order valence-corrected chi connectivity index (χ2v) is 9.80. The van der Waals surface area contributed by atoms with Crippen molar-refractivity contribution in [1.29, 1.82) is 0 Å². The number of aromatic nitrogens is 3. The summed E-state index contributed by atoms with van der Waals surface area (Å²) in [5.74, 6) is -1.27. The van der Waals surface area contributed by atoms with Crippen LogP contribution in [0.2, 0.25) is 0 Å². The smallest absolute Gasteiger partial charge is 0.201 e. The molecule has 0 aliphatic carbocycles. The van der Waals surface area contributed by atoms with Gasteiger partial charge in [0, 0.05) is 53.2 Å². The lowest BCUT2D eigenvalue weighted by molar-refractivity contribution is 0.0943. The van der Waals surface area contributed by atoms with E-state index in [2.05, 4.69) is 19.7 Å². The predicted octanol–water partition coefficient (Wildman–Crippen LogP) is 5.38. The zero-order valence-corrected chi connectivity index (χ0v) is 18.8. The number of carbonyl (C=O) groups excluding carboxylic acids is 1. The van der Waals surface area contributed by atoms with Crippen molar-refractivity contribution in [3.05, 3.63) is 65.4 Å². The van der Waals surface area contributed by atoms with Gasteiger partial charge in [-0.05, 0) is 33.8 Å². The van der Waals surface area contributed by atoms with Crippen LogP contribution < -0.4 is 4.72 Å². The molecular formula is C22H24F2N4O2S. The molecule has 2 heterocycles. The maximum absolute atomic E-state index is 14.9. The second kappa shape index (κ2) is 9.23. The van der Waals surface area contributed by atoms with Crippen molar-refractivity contribution in [3.8, 4) is 11.1 Å². The molecular weight excluding hydrogens is 422 g/mol. The fourth-order valence-corrected chi connectivity index (χ4v) is 3.73. The number of halogens is 2. The molecule has 0 spiro atoms. The van der Waals surface area contributed by atoms with Gasteiger partial charge in [0.2, 0.25) is 5.78 Å². The van der Waals surface area contributed by atoms with E-state index in [1.54, 1.807) is 13.8 Å². The van der Waals surface area contributed by atoms with Crippen LogP contribution in [0.25, 0.3) is 11.1 Å². The number of ketones is 1. The van der Waals surface area contributed by atoms with Crippen LogP contribution >= 0.6 is 11.9 Å². The fourth-order valence-electron chi connectivity index (χ4n) is 3.02. The second-order valence-electron chi connectivity index (χ2n) is 8.14. The molecule has 31 heavy (non-hydrogen) atoms. The Morgan fingerprint density at radius 3 is 2.42 bits per heavy atom. The largest absolute Gasteiger partial charge is 0.438 e. The molecule has 1 N–H and O–H groups in total. The molecule has 3 aromatic rings. The van der Waals surface area contributed by atoms with E-state index in [4.69, 9.17) is 4.42 Å². The zero-order valence-electron chi connectivity index (χ0n) is 18.0. The van der Waals surface area contributed by atoms with Gasteiger partial charge in [0.25, 0.3) is 0 Å². The van der Waals surface area contributed by atoms with E-state index in [9.17, 15) is 13.6 Å². The van der Waals surface area contributed by atoms with Gasteiger partial charge < -0.3 is 4.42 Å². The molecule has 1 atom stereocenters. The van der Waals surface area contributed by atoms with Crippen LogP contribution in [-0.4, -0.2) is 25.5 Å². The molecule has 0 saturated carbocycles. The molecule has 3 rings (SSSR count). The van der Waals surface area contributed by atoms with Gasteiger partial charge >= 0.3 is 0 Å². The van der Waals surface area contributed by atoms with E-state index in [0.29, 0.717) is 17.1 Å². The summed E-state index contributed by atoms with van der Waals surface area (Å²) in [5, 5.41) is 0. The minimum atomic E-state index is -0.747. The number of aryl methyl sites for hydroxylation is 2. The van der Waals surface area contributed by atoms with Gasteiger partial charge in [0.15, 0.2) is 11.7 Å². The number of nitrogens with zero attached hydrogens (tertiary/aromatic N) is 3. The van der Waals surface area contributed by atoms with Gasteiger partial charge in [0.1, 0.15) is 18.0 Å². The summed E-state index contributed by atoms with van der Waals surface area (Å²) < 4.78 is 37.8. The first-order valence-corrected chi connectivity index (χ1v) is 10.5. The van der Waals surface area contributed by atoms with Gasteiger partial charge in [-0.2, -0.15) is 0 Å². The Hall–Kier alpha value is -2.65. The molecule has 2 aromatic heterocycles. The van der Waals surface area contributed by atoms with E-state index >= 15 is 0 Å². The van der Waals surface area contributed by atoms with E-state index in [1.165, 1.54) is 36.7 Å². The van der Waals surface area contributed by atoms with Crippen LogP contribution in [0.4, 0.5) is 8.78 Å². The Bertz CT molecular complexity index is 1080. The van der Waals surface area contributed by atoms with Crippen molar-refractivity contribution < 1.29 is 18.0 Å². The van der Waals surface area contributed by atoms with Crippen LogP contribution in [0.3, 0.4) is 0 Å². The first-order chi connectivity index (χ1) is 14.5. The number of Topliss-reactive ketones (excluding diaryl/α,β-unsaturated/α-hetero) is 1. The number of benzene rings is 1. The zero-order chi connectivity index (χ0) is 22.8. The molecule has 0 aliphatic heterocycles. The SMILES string of the molecule is Cc1nc(C)c(C(=O)CC(NSC(C)(C)C)c2cc(-c3cncnc3)c(F)cc2F)o1. The lowest BCUT2D eigenvalue weighted by Gasteiger charge is -2.25. The average Bonchev–Trinajstić information content (AvgIpc) is 3.03. The van der Waals surface area contributed by atoms with Gasteiger partial charge in [-0.3, -0.25) is 9.52 Å². The van der Waals surface area contributed by atoms with Crippen LogP contribution in [0.15, 0.2) is 35.3 Å². The summed E-state index contributed by atoms with van der Waals surface area (Å²) in [6.07, 6.45) is 4.14. The van der Waals surface area contributed by atoms with Crippen molar-refractivity contribution >= 4 is 17.7 Å². The molecule has 0 aliphatic rings. The van der Waals surface area contributed by atoms with Crippen molar-refractivity contribution in [3.63, 3.8) is 0 Å². The Kier molecular flexibility index (Phi) is 6.86. The van der Waals surface area contributed by atoms with E-state index < -0.39 is 17.7 Å². The predicted molar refractivity (Wildman–Crippen MR) is 116 cm³/mol. The molecule has 1 unspecified atom stereocenters. The molecule has 0 bridgehead atoms. The standard InChI is InChI=1S/C22H24F2N4O2S/c1-12-21(30-13(2)27-12)20(29)8-19(28-31-22(3,4)5)16-6-15(17(23)7-18(16)24)14-9-25-11-26-10-14/h6-7,9-11,19,28H,8H2,1-5H3. The summed E-state index contributed by atoms with van der Waals surface area (Å²) in [6.45, 7) is 9.30. The van der Waals surface area contributed by atoms with Crippen LogP contribution in [0.5, 0.6) is 0 Å². The minimum Gasteiger partial charge on any atom is -0.438 e. The van der Waals surface area contributed by atoms with E-state index in [0.717, 1.165) is 6.07 Å².